The fourth-order valence-corrected chi connectivity index (χ4v) is 5.19. The van der Waals surface area contributed by atoms with Crippen molar-refractivity contribution >= 4 is 0 Å². The Balaban J connectivity index is 1.33. The van der Waals surface area contributed by atoms with Gasteiger partial charge in [-0.3, -0.25) is 0 Å². The fourth-order valence-electron chi connectivity index (χ4n) is 5.19. The smallest absolute Gasteiger partial charge is 0.157 e. The summed E-state index contributed by atoms with van der Waals surface area (Å²) in [6, 6.07) is 7.17. The molecule has 25 heavy (non-hydrogen) atoms. The highest BCUT2D eigenvalue weighted by Gasteiger charge is 2.51. The van der Waals surface area contributed by atoms with E-state index in [0.29, 0.717) is 5.92 Å². The number of rotatable bonds is 7. The molecular formula is C21H30FNO2. The monoisotopic (exact) mass is 347 g/mol. The van der Waals surface area contributed by atoms with E-state index in [0.717, 1.165) is 44.9 Å². The van der Waals surface area contributed by atoms with E-state index in [1.807, 2.05) is 12.1 Å². The van der Waals surface area contributed by atoms with Crippen LogP contribution in [0.4, 0.5) is 4.39 Å². The van der Waals surface area contributed by atoms with Gasteiger partial charge in [-0.05, 0) is 81.0 Å². The minimum absolute atomic E-state index is 0.00213. The van der Waals surface area contributed by atoms with Crippen LogP contribution in [0.15, 0.2) is 24.3 Å². The number of hydrogen-bond acceptors (Lipinski definition) is 3. The van der Waals surface area contributed by atoms with Crippen LogP contribution in [0.2, 0.25) is 0 Å². The van der Waals surface area contributed by atoms with E-state index in [2.05, 4.69) is 5.32 Å². The largest absolute Gasteiger partial charge is 0.353 e. The Labute approximate surface area is 150 Å². The first-order chi connectivity index (χ1) is 12.3. The maximum atomic E-state index is 13.4. The van der Waals surface area contributed by atoms with Crippen LogP contribution < -0.4 is 5.32 Å². The van der Waals surface area contributed by atoms with Gasteiger partial charge in [0.15, 0.2) is 6.29 Å². The molecular weight excluding hydrogens is 317 g/mol. The lowest BCUT2D eigenvalue weighted by atomic mass is 9.75. The molecule has 1 aromatic rings. The normalized spacial score (nSPS) is 34.5. The van der Waals surface area contributed by atoms with Gasteiger partial charge >= 0.3 is 0 Å². The third-order valence-electron chi connectivity index (χ3n) is 6.41. The molecule has 138 valence electrons. The Hall–Kier alpha value is -0.970. The van der Waals surface area contributed by atoms with Gasteiger partial charge in [-0.15, -0.1) is 0 Å². The second kappa shape index (κ2) is 7.73. The lowest BCUT2D eigenvalue weighted by molar-refractivity contribution is -0.162. The SMILES string of the molecule is Fc1ccc(C2(NCCCOC3CCCCO3)C[C@H]3CC[C@@H]2C3)cc1. The average Bonchev–Trinajstić information content (AvgIpc) is 3.25. The minimum Gasteiger partial charge on any atom is -0.353 e. The fraction of sp³-hybridized carbons (Fsp3) is 0.714. The first kappa shape index (κ1) is 17.4. The molecule has 2 saturated carbocycles. The van der Waals surface area contributed by atoms with Crippen LogP contribution in [0.5, 0.6) is 0 Å². The first-order valence-electron chi connectivity index (χ1n) is 10.0. The Morgan fingerprint density at radius 1 is 1.16 bits per heavy atom. The maximum absolute atomic E-state index is 13.4. The van der Waals surface area contributed by atoms with Crippen LogP contribution in [0.3, 0.4) is 0 Å². The summed E-state index contributed by atoms with van der Waals surface area (Å²) in [5.74, 6) is 1.36. The molecule has 1 aromatic carbocycles. The minimum atomic E-state index is -0.150. The molecule has 0 radical (unpaired) electrons. The zero-order chi connectivity index (χ0) is 17.1. The Morgan fingerprint density at radius 2 is 2.04 bits per heavy atom. The molecule has 4 atom stereocenters. The topological polar surface area (TPSA) is 30.5 Å². The van der Waals surface area contributed by atoms with Gasteiger partial charge < -0.3 is 14.8 Å². The quantitative estimate of drug-likeness (QED) is 0.743. The summed E-state index contributed by atoms with van der Waals surface area (Å²) >= 11 is 0. The molecule has 3 nitrogen and oxygen atoms in total. The molecule has 1 aliphatic heterocycles. The van der Waals surface area contributed by atoms with Crippen LogP contribution in [0.25, 0.3) is 0 Å². The van der Waals surface area contributed by atoms with Gasteiger partial charge in [-0.25, -0.2) is 4.39 Å². The Bertz CT molecular complexity index is 558. The lowest BCUT2D eigenvalue weighted by Crippen LogP contribution is -2.47. The number of nitrogens with one attached hydrogen (secondary N) is 1. The number of hydrogen-bond donors (Lipinski definition) is 1. The highest BCUT2D eigenvalue weighted by Crippen LogP contribution is 2.55. The lowest BCUT2D eigenvalue weighted by Gasteiger charge is -2.39. The van der Waals surface area contributed by atoms with E-state index in [1.165, 1.54) is 37.7 Å². The second-order valence-electron chi connectivity index (χ2n) is 8.01. The summed E-state index contributed by atoms with van der Waals surface area (Å²) in [5, 5.41) is 3.86. The van der Waals surface area contributed by atoms with E-state index in [4.69, 9.17) is 9.47 Å². The number of fused-ring (bicyclic) bond motifs is 2. The van der Waals surface area contributed by atoms with E-state index < -0.39 is 0 Å². The molecule has 2 unspecified atom stereocenters. The third kappa shape index (κ3) is 3.76. The van der Waals surface area contributed by atoms with Gasteiger partial charge in [-0.1, -0.05) is 18.6 Å². The highest BCUT2D eigenvalue weighted by atomic mass is 19.1. The molecule has 1 heterocycles. The first-order valence-corrected chi connectivity index (χ1v) is 10.0. The van der Waals surface area contributed by atoms with Crippen LogP contribution in [-0.2, 0) is 15.0 Å². The van der Waals surface area contributed by atoms with Crippen LogP contribution in [0.1, 0.15) is 56.9 Å². The van der Waals surface area contributed by atoms with Crippen LogP contribution >= 0.6 is 0 Å². The van der Waals surface area contributed by atoms with E-state index in [-0.39, 0.29) is 17.6 Å². The Morgan fingerprint density at radius 3 is 2.72 bits per heavy atom. The Kier molecular flexibility index (Phi) is 5.39. The summed E-state index contributed by atoms with van der Waals surface area (Å²) in [6.07, 6.45) is 9.54. The van der Waals surface area contributed by atoms with Crippen LogP contribution in [-0.4, -0.2) is 26.0 Å². The average molecular weight is 347 g/mol. The van der Waals surface area contributed by atoms with Gasteiger partial charge in [0.2, 0.25) is 0 Å². The molecule has 3 aliphatic rings. The molecule has 4 heteroatoms. The highest BCUT2D eigenvalue weighted by molar-refractivity contribution is 5.29. The van der Waals surface area contributed by atoms with Gasteiger partial charge in [0.05, 0.1) is 6.61 Å². The van der Waals surface area contributed by atoms with Crippen molar-refractivity contribution in [3.8, 4) is 0 Å². The molecule has 0 spiro atoms. The van der Waals surface area contributed by atoms with Crippen molar-refractivity contribution in [3.63, 3.8) is 0 Å². The summed E-state index contributed by atoms with van der Waals surface area (Å²) in [5.41, 5.74) is 1.30. The summed E-state index contributed by atoms with van der Waals surface area (Å²) < 4.78 is 24.8. The molecule has 1 saturated heterocycles. The van der Waals surface area contributed by atoms with Crippen molar-refractivity contribution < 1.29 is 13.9 Å². The summed E-state index contributed by atoms with van der Waals surface area (Å²) in [7, 11) is 0. The standard InChI is InChI=1S/C21H30FNO2/c22-19-9-7-17(8-10-19)21(15-16-5-6-18(21)14-16)23-11-3-13-25-20-4-1-2-12-24-20/h7-10,16,18,20,23H,1-6,11-15H2/t16-,18+,20?,21?/m0/s1. The zero-order valence-corrected chi connectivity index (χ0v) is 15.0. The van der Waals surface area contributed by atoms with Gasteiger partial charge in [-0.2, -0.15) is 0 Å². The van der Waals surface area contributed by atoms with Crippen molar-refractivity contribution in [2.24, 2.45) is 11.8 Å². The van der Waals surface area contributed by atoms with Crippen LogP contribution in [0, 0.1) is 17.7 Å². The van der Waals surface area contributed by atoms with Crippen molar-refractivity contribution in [1.29, 1.82) is 0 Å². The van der Waals surface area contributed by atoms with Crippen molar-refractivity contribution in [1.82, 2.24) is 5.32 Å². The molecule has 0 aromatic heterocycles. The zero-order valence-electron chi connectivity index (χ0n) is 15.0. The predicted molar refractivity (Wildman–Crippen MR) is 95.7 cm³/mol. The van der Waals surface area contributed by atoms with Gasteiger partial charge in [0.1, 0.15) is 5.82 Å². The molecule has 0 amide bonds. The number of halogens is 1. The van der Waals surface area contributed by atoms with Gasteiger partial charge in [0.25, 0.3) is 0 Å². The third-order valence-corrected chi connectivity index (χ3v) is 6.41. The number of benzene rings is 1. The molecule has 1 N–H and O–H groups in total. The second-order valence-corrected chi connectivity index (χ2v) is 8.01. The van der Waals surface area contributed by atoms with Crippen molar-refractivity contribution in [2.75, 3.05) is 19.8 Å². The van der Waals surface area contributed by atoms with Crippen molar-refractivity contribution in [2.45, 2.75) is 63.2 Å². The molecule has 2 bridgehead atoms. The van der Waals surface area contributed by atoms with E-state index >= 15 is 0 Å². The molecule has 4 rings (SSSR count). The van der Waals surface area contributed by atoms with Gasteiger partial charge in [0, 0.05) is 12.1 Å². The number of ether oxygens (including phenoxy) is 2. The maximum Gasteiger partial charge on any atom is 0.157 e. The summed E-state index contributed by atoms with van der Waals surface area (Å²) in [4.78, 5) is 0. The predicted octanol–water partition coefficient (Wildman–Crippen LogP) is 4.36. The molecule has 2 aliphatic carbocycles. The van der Waals surface area contributed by atoms with E-state index in [9.17, 15) is 4.39 Å². The summed E-state index contributed by atoms with van der Waals surface area (Å²) in [6.45, 7) is 2.51. The van der Waals surface area contributed by atoms with E-state index in [1.54, 1.807) is 12.1 Å². The van der Waals surface area contributed by atoms with Crippen molar-refractivity contribution in [3.05, 3.63) is 35.6 Å². The molecule has 3 fully saturated rings.